The van der Waals surface area contributed by atoms with Gasteiger partial charge in [-0.05, 0) is 55.9 Å². The van der Waals surface area contributed by atoms with Crippen molar-refractivity contribution in [1.29, 1.82) is 5.26 Å². The summed E-state index contributed by atoms with van der Waals surface area (Å²) in [5.74, 6) is -0.0434. The highest BCUT2D eigenvalue weighted by Gasteiger charge is 2.47. The van der Waals surface area contributed by atoms with Crippen LogP contribution in [0.2, 0.25) is 0 Å². The first-order valence-corrected chi connectivity index (χ1v) is 10.5. The molecule has 2 aromatic rings. The molecule has 4 rings (SSSR count). The average molecular weight is 406 g/mol. The molecule has 8 nitrogen and oxygen atoms in total. The third-order valence-corrected chi connectivity index (χ3v) is 6.08. The lowest BCUT2D eigenvalue weighted by molar-refractivity contribution is -0.114. The molecule has 1 heterocycles. The van der Waals surface area contributed by atoms with E-state index >= 15 is 0 Å². The lowest BCUT2D eigenvalue weighted by Gasteiger charge is -2.29. The van der Waals surface area contributed by atoms with E-state index in [-0.39, 0.29) is 17.9 Å². The van der Waals surface area contributed by atoms with Crippen LogP contribution in [0, 0.1) is 17.2 Å². The first-order chi connectivity index (χ1) is 14.5. The fourth-order valence-electron chi connectivity index (χ4n) is 4.17. The Hall–Kier alpha value is -3.21. The van der Waals surface area contributed by atoms with Crippen LogP contribution in [0.5, 0.6) is 0 Å². The van der Waals surface area contributed by atoms with Crippen LogP contribution < -0.4 is 10.6 Å². The van der Waals surface area contributed by atoms with Gasteiger partial charge in [0.15, 0.2) is 5.54 Å². The quantitative estimate of drug-likeness (QED) is 0.764. The maximum Gasteiger partial charge on any atom is 0.251 e. The van der Waals surface area contributed by atoms with Gasteiger partial charge in [-0.15, -0.1) is 5.10 Å². The van der Waals surface area contributed by atoms with Crippen molar-refractivity contribution >= 4 is 17.5 Å². The van der Waals surface area contributed by atoms with Crippen LogP contribution >= 0.6 is 0 Å². The van der Waals surface area contributed by atoms with Gasteiger partial charge in [-0.2, -0.15) is 5.26 Å². The van der Waals surface area contributed by atoms with E-state index in [1.165, 1.54) is 13.3 Å². The number of carbonyl (C=O) groups is 2. The second-order valence-electron chi connectivity index (χ2n) is 8.34. The van der Waals surface area contributed by atoms with Gasteiger partial charge in [-0.3, -0.25) is 9.59 Å². The van der Waals surface area contributed by atoms with Crippen LogP contribution in [0.3, 0.4) is 0 Å². The summed E-state index contributed by atoms with van der Waals surface area (Å²) in [6.07, 6.45) is 8.95. The predicted octanol–water partition coefficient (Wildman–Crippen LogP) is 3.30. The van der Waals surface area contributed by atoms with Crippen molar-refractivity contribution in [1.82, 2.24) is 20.3 Å². The number of amides is 2. The molecule has 1 aromatic heterocycles. The molecule has 2 fully saturated rings. The SMILES string of the molecule is CC(=O)Nc1ccc(C(=O)N[C@H](c2cn(C3(C#N)CC3)nn2)C2CCCCC2)cc1. The first-order valence-electron chi connectivity index (χ1n) is 10.5. The Labute approximate surface area is 175 Å². The minimum atomic E-state index is -0.564. The Kier molecular flexibility index (Phi) is 5.53. The lowest BCUT2D eigenvalue weighted by atomic mass is 9.82. The van der Waals surface area contributed by atoms with Gasteiger partial charge in [0.05, 0.1) is 18.3 Å². The lowest BCUT2D eigenvalue weighted by Crippen LogP contribution is -2.34. The Bertz CT molecular complexity index is 964. The number of benzene rings is 1. The normalized spacial score (nSPS) is 18.8. The van der Waals surface area contributed by atoms with E-state index in [2.05, 4.69) is 27.0 Å². The molecule has 1 aromatic carbocycles. The molecule has 2 N–H and O–H groups in total. The van der Waals surface area contributed by atoms with Crippen molar-refractivity contribution in [2.24, 2.45) is 5.92 Å². The van der Waals surface area contributed by atoms with Crippen molar-refractivity contribution in [3.8, 4) is 6.07 Å². The number of anilines is 1. The molecule has 2 saturated carbocycles. The summed E-state index contributed by atoms with van der Waals surface area (Å²) < 4.78 is 1.66. The predicted molar refractivity (Wildman–Crippen MR) is 110 cm³/mol. The van der Waals surface area contributed by atoms with Gasteiger partial charge in [0.1, 0.15) is 5.69 Å². The minimum absolute atomic E-state index is 0.154. The monoisotopic (exact) mass is 406 g/mol. The van der Waals surface area contributed by atoms with Gasteiger partial charge in [0, 0.05) is 18.2 Å². The highest BCUT2D eigenvalue weighted by Crippen LogP contribution is 2.43. The Morgan fingerprint density at radius 3 is 2.50 bits per heavy atom. The van der Waals surface area contributed by atoms with E-state index < -0.39 is 5.54 Å². The summed E-state index contributed by atoms with van der Waals surface area (Å²) in [5, 5.41) is 23.8. The third-order valence-electron chi connectivity index (χ3n) is 6.08. The summed E-state index contributed by atoms with van der Waals surface area (Å²) in [6.45, 7) is 1.45. The van der Waals surface area contributed by atoms with Gasteiger partial charge >= 0.3 is 0 Å². The maximum atomic E-state index is 13.0. The summed E-state index contributed by atoms with van der Waals surface area (Å²) in [7, 11) is 0. The second kappa shape index (κ2) is 8.27. The third kappa shape index (κ3) is 4.20. The van der Waals surface area contributed by atoms with Gasteiger partial charge in [-0.25, -0.2) is 4.68 Å². The zero-order valence-corrected chi connectivity index (χ0v) is 17.1. The molecule has 2 amide bonds. The molecule has 2 aliphatic rings. The van der Waals surface area contributed by atoms with E-state index in [4.69, 9.17) is 0 Å². The Morgan fingerprint density at radius 2 is 1.90 bits per heavy atom. The van der Waals surface area contributed by atoms with Gasteiger partial charge in [0.2, 0.25) is 5.91 Å². The molecule has 0 unspecified atom stereocenters. The number of carbonyl (C=O) groups excluding carboxylic acids is 2. The van der Waals surface area contributed by atoms with E-state index in [1.54, 1.807) is 28.9 Å². The number of nitrogens with zero attached hydrogens (tertiary/aromatic N) is 4. The van der Waals surface area contributed by atoms with Crippen LogP contribution in [-0.2, 0) is 10.3 Å². The fraction of sp³-hybridized carbons (Fsp3) is 0.500. The fourth-order valence-corrected chi connectivity index (χ4v) is 4.17. The van der Waals surface area contributed by atoms with Gasteiger partial charge in [-0.1, -0.05) is 24.5 Å². The van der Waals surface area contributed by atoms with Crippen molar-refractivity contribution in [2.75, 3.05) is 5.32 Å². The Balaban J connectivity index is 1.54. The first kappa shape index (κ1) is 20.1. The highest BCUT2D eigenvalue weighted by molar-refractivity contribution is 5.95. The largest absolute Gasteiger partial charge is 0.343 e. The van der Waals surface area contributed by atoms with E-state index in [0.717, 1.165) is 38.5 Å². The molecule has 30 heavy (non-hydrogen) atoms. The number of nitrogens with one attached hydrogen (secondary N) is 2. The van der Waals surface area contributed by atoms with Crippen LogP contribution in [-0.4, -0.2) is 26.8 Å². The molecule has 156 valence electrons. The molecule has 8 heteroatoms. The highest BCUT2D eigenvalue weighted by atomic mass is 16.2. The number of aromatic nitrogens is 3. The molecule has 0 bridgehead atoms. The van der Waals surface area contributed by atoms with Crippen molar-refractivity contribution < 1.29 is 9.59 Å². The molecule has 0 radical (unpaired) electrons. The van der Waals surface area contributed by atoms with Crippen molar-refractivity contribution in [2.45, 2.75) is 63.5 Å². The molecule has 0 spiro atoms. The van der Waals surface area contributed by atoms with Gasteiger partial charge in [0.25, 0.3) is 5.91 Å². The standard InChI is InChI=1S/C22H26N6O2/c1-15(29)24-18-9-7-17(8-10-18)21(30)25-20(16-5-3-2-4-6-16)19-13-28(27-26-19)22(14-23)11-12-22/h7-10,13,16,20H,2-6,11-12H2,1H3,(H,24,29)(H,25,30)/t20-/m0/s1. The van der Waals surface area contributed by atoms with Crippen LogP contribution in [0.1, 0.15) is 74.0 Å². The average Bonchev–Trinajstić information content (AvgIpc) is 3.41. The summed E-state index contributed by atoms with van der Waals surface area (Å²) in [6, 6.07) is 8.92. The van der Waals surface area contributed by atoms with Crippen LogP contribution in [0.4, 0.5) is 5.69 Å². The maximum absolute atomic E-state index is 13.0. The van der Waals surface area contributed by atoms with E-state index in [1.807, 2.05) is 6.20 Å². The smallest absolute Gasteiger partial charge is 0.251 e. The van der Waals surface area contributed by atoms with Crippen molar-refractivity contribution in [3.63, 3.8) is 0 Å². The zero-order chi connectivity index (χ0) is 21.1. The summed E-state index contributed by atoms with van der Waals surface area (Å²) in [5.41, 5.74) is 1.32. The summed E-state index contributed by atoms with van der Waals surface area (Å²) >= 11 is 0. The number of nitriles is 1. The van der Waals surface area contributed by atoms with Crippen molar-refractivity contribution in [3.05, 3.63) is 41.7 Å². The van der Waals surface area contributed by atoms with Gasteiger partial charge < -0.3 is 10.6 Å². The minimum Gasteiger partial charge on any atom is -0.343 e. The molecular formula is C22H26N6O2. The van der Waals surface area contributed by atoms with Crippen LogP contribution in [0.25, 0.3) is 0 Å². The second-order valence-corrected chi connectivity index (χ2v) is 8.34. The van der Waals surface area contributed by atoms with Crippen LogP contribution in [0.15, 0.2) is 30.5 Å². The zero-order valence-electron chi connectivity index (χ0n) is 17.1. The number of hydrogen-bond donors (Lipinski definition) is 2. The molecular weight excluding hydrogens is 380 g/mol. The number of hydrogen-bond acceptors (Lipinski definition) is 5. The molecule has 1 atom stereocenters. The topological polar surface area (TPSA) is 113 Å². The number of rotatable bonds is 6. The van der Waals surface area contributed by atoms with E-state index in [0.29, 0.717) is 22.9 Å². The summed E-state index contributed by atoms with van der Waals surface area (Å²) in [4.78, 5) is 24.2. The molecule has 0 saturated heterocycles. The molecule has 2 aliphatic carbocycles. The Morgan fingerprint density at radius 1 is 1.20 bits per heavy atom. The molecule has 0 aliphatic heterocycles. The van der Waals surface area contributed by atoms with E-state index in [9.17, 15) is 14.9 Å².